The van der Waals surface area contributed by atoms with Crippen molar-refractivity contribution < 1.29 is 4.39 Å². The monoisotopic (exact) mass is 291 g/mol. The summed E-state index contributed by atoms with van der Waals surface area (Å²) in [5.41, 5.74) is 3.27. The minimum absolute atomic E-state index is 0. The van der Waals surface area contributed by atoms with Gasteiger partial charge in [-0.1, -0.05) is 19.9 Å². The Morgan fingerprint density at radius 2 is 2.20 bits per heavy atom. The highest BCUT2D eigenvalue weighted by molar-refractivity contribution is 5.85. The molecule has 3 rings (SSSR count). The van der Waals surface area contributed by atoms with E-state index in [1.165, 1.54) is 6.07 Å². The van der Waals surface area contributed by atoms with Crippen LogP contribution < -0.4 is 0 Å². The summed E-state index contributed by atoms with van der Waals surface area (Å²) in [6.07, 6.45) is 2.74. The number of H-pyrrole nitrogens is 1. The molecule has 0 spiro atoms. The molecule has 0 fully saturated rings. The number of hydrogen-bond acceptors (Lipinski definition) is 2. The van der Waals surface area contributed by atoms with Gasteiger partial charge in [0.2, 0.25) is 0 Å². The average Bonchev–Trinajstić information content (AvgIpc) is 2.93. The van der Waals surface area contributed by atoms with Crippen molar-refractivity contribution in [3.05, 3.63) is 52.6 Å². The van der Waals surface area contributed by atoms with E-state index in [4.69, 9.17) is 5.26 Å². The molecule has 2 aromatic rings. The van der Waals surface area contributed by atoms with Gasteiger partial charge in [0.15, 0.2) is 0 Å². The van der Waals surface area contributed by atoms with Crippen molar-refractivity contribution >= 4 is 12.4 Å². The summed E-state index contributed by atoms with van der Waals surface area (Å²) in [7, 11) is 0. The van der Waals surface area contributed by atoms with Gasteiger partial charge in [0.05, 0.1) is 11.8 Å². The van der Waals surface area contributed by atoms with E-state index in [0.29, 0.717) is 0 Å². The number of aromatic nitrogens is 2. The van der Waals surface area contributed by atoms with Gasteiger partial charge in [-0.3, -0.25) is 5.10 Å². The molecule has 20 heavy (non-hydrogen) atoms. The molecular weight excluding hydrogens is 277 g/mol. The summed E-state index contributed by atoms with van der Waals surface area (Å²) >= 11 is 0. The van der Waals surface area contributed by atoms with Crippen molar-refractivity contribution in [1.82, 2.24) is 10.2 Å². The minimum atomic E-state index is -0.449. The normalized spacial score (nSPS) is 19.0. The van der Waals surface area contributed by atoms with Crippen molar-refractivity contribution in [1.29, 1.82) is 5.26 Å². The van der Waals surface area contributed by atoms with Gasteiger partial charge in [-0.05, 0) is 24.1 Å². The van der Waals surface area contributed by atoms with Crippen LogP contribution in [0.4, 0.5) is 4.39 Å². The number of rotatable bonds is 1. The summed E-state index contributed by atoms with van der Waals surface area (Å²) in [5, 5.41) is 15.9. The second-order valence-electron chi connectivity index (χ2n) is 5.69. The SMILES string of the molecule is CC1(C)CC(c2ccc(C#N)c(F)c2)c2cn[nH]c21.Cl. The number of hydrogen-bond donors (Lipinski definition) is 1. The zero-order chi connectivity index (χ0) is 13.6. The number of benzene rings is 1. The van der Waals surface area contributed by atoms with Gasteiger partial charge in [0, 0.05) is 22.6 Å². The number of aromatic amines is 1. The first-order chi connectivity index (χ1) is 9.03. The Labute approximate surface area is 123 Å². The lowest BCUT2D eigenvalue weighted by molar-refractivity contribution is 0.482. The number of nitrogens with one attached hydrogen (secondary N) is 1. The first-order valence-corrected chi connectivity index (χ1v) is 6.26. The van der Waals surface area contributed by atoms with E-state index in [1.807, 2.05) is 18.3 Å². The van der Waals surface area contributed by atoms with Crippen LogP contribution in [0.15, 0.2) is 24.4 Å². The summed E-state index contributed by atoms with van der Waals surface area (Å²) in [6.45, 7) is 4.31. The first kappa shape index (κ1) is 14.5. The molecule has 5 heteroatoms. The zero-order valence-electron chi connectivity index (χ0n) is 11.3. The predicted molar refractivity (Wildman–Crippen MR) is 76.4 cm³/mol. The van der Waals surface area contributed by atoms with Gasteiger partial charge in [-0.25, -0.2) is 4.39 Å². The van der Waals surface area contributed by atoms with Crippen LogP contribution in [0.5, 0.6) is 0 Å². The van der Waals surface area contributed by atoms with E-state index in [-0.39, 0.29) is 29.3 Å². The summed E-state index contributed by atoms with van der Waals surface area (Å²) in [5.74, 6) is -0.305. The third-order valence-corrected chi connectivity index (χ3v) is 3.95. The van der Waals surface area contributed by atoms with Crippen molar-refractivity contribution in [2.75, 3.05) is 0 Å². The fraction of sp³-hybridized carbons (Fsp3) is 0.333. The third kappa shape index (κ3) is 2.08. The van der Waals surface area contributed by atoms with Gasteiger partial charge < -0.3 is 0 Å². The summed E-state index contributed by atoms with van der Waals surface area (Å²) in [4.78, 5) is 0. The van der Waals surface area contributed by atoms with Gasteiger partial charge in [-0.15, -0.1) is 12.4 Å². The van der Waals surface area contributed by atoms with Crippen molar-refractivity contribution in [3.63, 3.8) is 0 Å². The molecule has 1 aliphatic carbocycles. The summed E-state index contributed by atoms with van der Waals surface area (Å²) in [6, 6.07) is 6.71. The molecule has 0 radical (unpaired) electrons. The quantitative estimate of drug-likeness (QED) is 0.872. The molecular formula is C15H15ClFN3. The van der Waals surface area contributed by atoms with Gasteiger partial charge in [-0.2, -0.15) is 10.4 Å². The maximum atomic E-state index is 13.8. The molecule has 1 atom stereocenters. The molecule has 1 unspecified atom stereocenters. The Balaban J connectivity index is 0.00000147. The fourth-order valence-electron chi connectivity index (χ4n) is 2.96. The smallest absolute Gasteiger partial charge is 0.141 e. The van der Waals surface area contributed by atoms with Crippen molar-refractivity contribution in [2.45, 2.75) is 31.6 Å². The van der Waals surface area contributed by atoms with Crippen LogP contribution in [0, 0.1) is 17.1 Å². The number of nitriles is 1. The maximum absolute atomic E-state index is 13.8. The lowest BCUT2D eigenvalue weighted by atomic mass is 9.86. The van der Waals surface area contributed by atoms with E-state index in [2.05, 4.69) is 24.0 Å². The fourth-order valence-corrected chi connectivity index (χ4v) is 2.96. The lowest BCUT2D eigenvalue weighted by Crippen LogP contribution is -2.14. The lowest BCUT2D eigenvalue weighted by Gasteiger charge is -2.18. The van der Waals surface area contributed by atoms with E-state index in [9.17, 15) is 4.39 Å². The highest BCUT2D eigenvalue weighted by Crippen LogP contribution is 2.47. The molecule has 0 bridgehead atoms. The largest absolute Gasteiger partial charge is 0.282 e. The van der Waals surface area contributed by atoms with Gasteiger partial charge in [0.1, 0.15) is 11.9 Å². The second kappa shape index (κ2) is 4.92. The molecule has 1 aliphatic rings. The second-order valence-corrected chi connectivity index (χ2v) is 5.69. The van der Waals surface area contributed by atoms with Crippen molar-refractivity contribution in [2.24, 2.45) is 0 Å². The van der Waals surface area contributed by atoms with Crippen LogP contribution in [0.2, 0.25) is 0 Å². The molecule has 1 aromatic heterocycles. The topological polar surface area (TPSA) is 52.5 Å². The highest BCUT2D eigenvalue weighted by Gasteiger charge is 2.39. The van der Waals surface area contributed by atoms with E-state index < -0.39 is 5.82 Å². The van der Waals surface area contributed by atoms with E-state index >= 15 is 0 Å². The molecule has 1 N–H and O–H groups in total. The molecule has 0 saturated heterocycles. The predicted octanol–water partition coefficient (Wildman–Crippen LogP) is 3.66. The van der Waals surface area contributed by atoms with Crippen LogP contribution in [0.3, 0.4) is 0 Å². The standard InChI is InChI=1S/C15H14FN3.ClH/c1-15(2)6-11(12-8-18-19-14(12)15)9-3-4-10(7-17)13(16)5-9;/h3-5,8,11H,6H2,1-2H3,(H,18,19);1H. The van der Waals surface area contributed by atoms with Crippen LogP contribution in [0.25, 0.3) is 0 Å². The highest BCUT2D eigenvalue weighted by atomic mass is 35.5. The Hall–Kier alpha value is -1.86. The number of fused-ring (bicyclic) bond motifs is 1. The Kier molecular flexibility index (Phi) is 3.58. The van der Waals surface area contributed by atoms with Crippen LogP contribution in [-0.4, -0.2) is 10.2 Å². The maximum Gasteiger partial charge on any atom is 0.141 e. The first-order valence-electron chi connectivity index (χ1n) is 6.26. The van der Waals surface area contributed by atoms with E-state index in [0.717, 1.165) is 23.2 Å². The van der Waals surface area contributed by atoms with Gasteiger partial charge >= 0.3 is 0 Å². The van der Waals surface area contributed by atoms with E-state index in [1.54, 1.807) is 6.07 Å². The number of halogens is 2. The number of nitrogens with zero attached hydrogens (tertiary/aromatic N) is 2. The zero-order valence-corrected chi connectivity index (χ0v) is 12.1. The molecule has 0 amide bonds. The molecule has 1 heterocycles. The average molecular weight is 292 g/mol. The molecule has 0 aliphatic heterocycles. The molecule has 104 valence electrons. The van der Waals surface area contributed by atoms with Crippen LogP contribution in [-0.2, 0) is 5.41 Å². The summed E-state index contributed by atoms with van der Waals surface area (Å²) < 4.78 is 13.8. The third-order valence-electron chi connectivity index (χ3n) is 3.95. The Bertz CT molecular complexity index is 685. The molecule has 3 nitrogen and oxygen atoms in total. The Morgan fingerprint density at radius 3 is 2.85 bits per heavy atom. The molecule has 0 saturated carbocycles. The van der Waals surface area contributed by atoms with Crippen LogP contribution in [0.1, 0.15) is 48.6 Å². The van der Waals surface area contributed by atoms with Gasteiger partial charge in [0.25, 0.3) is 0 Å². The van der Waals surface area contributed by atoms with Crippen LogP contribution >= 0.6 is 12.4 Å². The Morgan fingerprint density at radius 1 is 1.45 bits per heavy atom. The van der Waals surface area contributed by atoms with Crippen molar-refractivity contribution in [3.8, 4) is 6.07 Å². The molecule has 1 aromatic carbocycles. The minimum Gasteiger partial charge on any atom is -0.282 e.